The Labute approximate surface area is 120 Å². The third-order valence-corrected chi connectivity index (χ3v) is 2.87. The Morgan fingerprint density at radius 3 is 2.00 bits per heavy atom. The van der Waals surface area contributed by atoms with E-state index in [1.807, 2.05) is 0 Å². The minimum absolute atomic E-state index is 0.0270. The summed E-state index contributed by atoms with van der Waals surface area (Å²) in [6.07, 6.45) is 1.27. The highest BCUT2D eigenvalue weighted by Gasteiger charge is 2.51. The number of nitrogens with one attached hydrogen (secondary N) is 2. The van der Waals surface area contributed by atoms with Gasteiger partial charge in [-0.3, -0.25) is 20.2 Å². The normalized spacial score (nSPS) is 11.8. The standard InChI is InChI=1S/C12H18N2O7/c15-5-3-13-12(14-4-6-16,8-2-1-7-21-8)9(10(17)18)11(19)20/h1-2,7,9,13-16H,3-6H2,(H,17,18)(H,19,20). The van der Waals surface area contributed by atoms with Crippen LogP contribution in [0.3, 0.4) is 0 Å². The maximum absolute atomic E-state index is 11.4. The van der Waals surface area contributed by atoms with Crippen LogP contribution >= 0.6 is 0 Å². The molecule has 0 spiro atoms. The molecule has 0 aliphatic rings. The van der Waals surface area contributed by atoms with E-state index in [-0.39, 0.29) is 32.1 Å². The number of rotatable bonds is 10. The van der Waals surface area contributed by atoms with Crippen molar-refractivity contribution in [2.75, 3.05) is 26.3 Å². The van der Waals surface area contributed by atoms with Gasteiger partial charge in [0.15, 0.2) is 11.6 Å². The molecule has 0 radical (unpaired) electrons. The van der Waals surface area contributed by atoms with Gasteiger partial charge in [0, 0.05) is 13.1 Å². The first-order chi connectivity index (χ1) is 9.99. The second kappa shape index (κ2) is 7.74. The Kier molecular flexibility index (Phi) is 6.31. The largest absolute Gasteiger partial charge is 0.480 e. The monoisotopic (exact) mass is 302 g/mol. The fourth-order valence-corrected chi connectivity index (χ4v) is 2.07. The lowest BCUT2D eigenvalue weighted by Crippen LogP contribution is -2.63. The van der Waals surface area contributed by atoms with Crippen LogP contribution in [0.2, 0.25) is 0 Å². The summed E-state index contributed by atoms with van der Waals surface area (Å²) in [7, 11) is 0. The molecule has 118 valence electrons. The first-order valence-corrected chi connectivity index (χ1v) is 6.21. The Morgan fingerprint density at radius 1 is 1.14 bits per heavy atom. The highest BCUT2D eigenvalue weighted by Crippen LogP contribution is 2.28. The first kappa shape index (κ1) is 17.1. The number of carbonyl (C=O) groups is 2. The molecular weight excluding hydrogens is 284 g/mol. The van der Waals surface area contributed by atoms with E-state index in [9.17, 15) is 19.8 Å². The number of carboxylic acids is 2. The summed E-state index contributed by atoms with van der Waals surface area (Å²) in [5, 5.41) is 41.7. The lowest BCUT2D eigenvalue weighted by Gasteiger charge is -2.36. The van der Waals surface area contributed by atoms with E-state index in [2.05, 4.69) is 10.6 Å². The van der Waals surface area contributed by atoms with Gasteiger partial charge in [-0.15, -0.1) is 0 Å². The maximum Gasteiger partial charge on any atom is 0.321 e. The summed E-state index contributed by atoms with van der Waals surface area (Å²) in [5.41, 5.74) is -1.80. The predicted octanol–water partition coefficient (Wildman–Crippen LogP) is -1.62. The number of furan rings is 1. The van der Waals surface area contributed by atoms with E-state index in [0.717, 1.165) is 0 Å². The van der Waals surface area contributed by atoms with Crippen LogP contribution in [0, 0.1) is 5.92 Å². The first-order valence-electron chi connectivity index (χ1n) is 6.21. The fraction of sp³-hybridized carbons (Fsp3) is 0.500. The summed E-state index contributed by atoms with van der Waals surface area (Å²) in [6.45, 7) is -0.823. The predicted molar refractivity (Wildman–Crippen MR) is 69.3 cm³/mol. The lowest BCUT2D eigenvalue weighted by molar-refractivity contribution is -0.161. The SMILES string of the molecule is O=C(O)C(C(=O)O)C(NCCO)(NCCO)c1ccco1. The topological polar surface area (TPSA) is 152 Å². The fourth-order valence-electron chi connectivity index (χ4n) is 2.07. The van der Waals surface area contributed by atoms with E-state index < -0.39 is 23.5 Å². The van der Waals surface area contributed by atoms with E-state index >= 15 is 0 Å². The van der Waals surface area contributed by atoms with Crippen LogP contribution in [0.1, 0.15) is 5.76 Å². The molecule has 0 saturated carbocycles. The number of hydrogen-bond acceptors (Lipinski definition) is 7. The van der Waals surface area contributed by atoms with E-state index in [4.69, 9.17) is 14.6 Å². The molecule has 0 amide bonds. The highest BCUT2D eigenvalue weighted by atomic mass is 16.4. The Morgan fingerprint density at radius 2 is 1.67 bits per heavy atom. The van der Waals surface area contributed by atoms with Gasteiger partial charge in [-0.1, -0.05) is 0 Å². The van der Waals surface area contributed by atoms with Crippen molar-refractivity contribution in [3.05, 3.63) is 24.2 Å². The smallest absolute Gasteiger partial charge is 0.321 e. The molecule has 0 aliphatic heterocycles. The van der Waals surface area contributed by atoms with E-state index in [0.29, 0.717) is 0 Å². The average molecular weight is 302 g/mol. The van der Waals surface area contributed by atoms with Crippen LogP contribution in [0.25, 0.3) is 0 Å². The molecule has 0 aliphatic carbocycles. The summed E-state index contributed by atoms with van der Waals surface area (Å²) in [6, 6.07) is 2.89. The molecule has 9 heteroatoms. The second-order valence-electron chi connectivity index (χ2n) is 4.20. The van der Waals surface area contributed by atoms with Gasteiger partial charge in [0.25, 0.3) is 0 Å². The molecular formula is C12H18N2O7. The highest BCUT2D eigenvalue weighted by molar-refractivity contribution is 5.94. The number of carboxylic acid groups (broad SMARTS) is 2. The van der Waals surface area contributed by atoms with Gasteiger partial charge in [-0.05, 0) is 12.1 Å². The molecule has 0 fully saturated rings. The van der Waals surface area contributed by atoms with Gasteiger partial charge in [0.1, 0.15) is 5.76 Å². The number of hydrogen-bond donors (Lipinski definition) is 6. The molecule has 1 aromatic heterocycles. The van der Waals surface area contributed by atoms with Crippen molar-refractivity contribution in [2.24, 2.45) is 5.92 Å². The Hall–Kier alpha value is -1.94. The molecule has 1 heterocycles. The summed E-state index contributed by atoms with van der Waals surface area (Å²) < 4.78 is 5.16. The summed E-state index contributed by atoms with van der Waals surface area (Å²) >= 11 is 0. The molecule has 0 bridgehead atoms. The third kappa shape index (κ3) is 3.79. The van der Waals surface area contributed by atoms with Crippen molar-refractivity contribution in [3.63, 3.8) is 0 Å². The number of aliphatic carboxylic acids is 2. The zero-order chi connectivity index (χ0) is 15.9. The summed E-state index contributed by atoms with van der Waals surface area (Å²) in [4.78, 5) is 22.8. The second-order valence-corrected chi connectivity index (χ2v) is 4.20. The van der Waals surface area contributed by atoms with Crippen LogP contribution in [0.5, 0.6) is 0 Å². The molecule has 0 aromatic carbocycles. The lowest BCUT2D eigenvalue weighted by atomic mass is 9.89. The van der Waals surface area contributed by atoms with Crippen LogP contribution in [0.15, 0.2) is 22.8 Å². The molecule has 0 atom stereocenters. The molecule has 0 saturated heterocycles. The van der Waals surface area contributed by atoms with Crippen molar-refractivity contribution in [1.29, 1.82) is 0 Å². The van der Waals surface area contributed by atoms with Gasteiger partial charge in [-0.25, -0.2) is 0 Å². The quantitative estimate of drug-likeness (QED) is 0.221. The molecule has 21 heavy (non-hydrogen) atoms. The maximum atomic E-state index is 11.4. The van der Waals surface area contributed by atoms with Gasteiger partial charge >= 0.3 is 11.9 Å². The van der Waals surface area contributed by atoms with Gasteiger partial charge in [0.05, 0.1) is 19.5 Å². The van der Waals surface area contributed by atoms with Crippen molar-refractivity contribution in [3.8, 4) is 0 Å². The van der Waals surface area contributed by atoms with Crippen LogP contribution in [-0.4, -0.2) is 58.7 Å². The van der Waals surface area contributed by atoms with Gasteiger partial charge < -0.3 is 24.8 Å². The van der Waals surface area contributed by atoms with Crippen LogP contribution in [-0.2, 0) is 15.3 Å². The third-order valence-electron chi connectivity index (χ3n) is 2.87. The molecule has 1 aromatic rings. The number of aliphatic hydroxyl groups excluding tert-OH is 2. The minimum Gasteiger partial charge on any atom is -0.480 e. The average Bonchev–Trinajstić information content (AvgIpc) is 2.95. The van der Waals surface area contributed by atoms with Crippen molar-refractivity contribution < 1.29 is 34.4 Å². The Balaban J connectivity index is 3.33. The van der Waals surface area contributed by atoms with E-state index in [1.54, 1.807) is 0 Å². The van der Waals surface area contributed by atoms with Crippen molar-refractivity contribution in [1.82, 2.24) is 10.6 Å². The molecule has 0 unspecified atom stereocenters. The van der Waals surface area contributed by atoms with Crippen molar-refractivity contribution in [2.45, 2.75) is 5.66 Å². The van der Waals surface area contributed by atoms with Crippen LogP contribution < -0.4 is 10.6 Å². The van der Waals surface area contributed by atoms with E-state index in [1.165, 1.54) is 18.4 Å². The van der Waals surface area contributed by atoms with Crippen LogP contribution in [0.4, 0.5) is 0 Å². The summed E-state index contributed by atoms with van der Waals surface area (Å²) in [5.74, 6) is -5.08. The minimum atomic E-state index is -1.93. The zero-order valence-corrected chi connectivity index (χ0v) is 11.2. The van der Waals surface area contributed by atoms with Gasteiger partial charge in [0.2, 0.25) is 0 Å². The van der Waals surface area contributed by atoms with Gasteiger partial charge in [-0.2, -0.15) is 0 Å². The zero-order valence-electron chi connectivity index (χ0n) is 11.2. The molecule has 6 N–H and O–H groups in total. The molecule has 1 rings (SSSR count). The van der Waals surface area contributed by atoms with Crippen molar-refractivity contribution >= 4 is 11.9 Å². The Bertz CT molecular complexity index is 438. The number of aliphatic hydroxyl groups is 2. The molecule has 9 nitrogen and oxygen atoms in total.